The van der Waals surface area contributed by atoms with Gasteiger partial charge in [-0.25, -0.2) is 0 Å². The number of carbonyl (C=O) groups excluding carboxylic acids is 1. The average Bonchev–Trinajstić information content (AvgIpc) is 2.54. The van der Waals surface area contributed by atoms with E-state index in [-0.39, 0.29) is 5.92 Å². The zero-order valence-electron chi connectivity index (χ0n) is 15.1. The monoisotopic (exact) mass is 338 g/mol. The molecule has 1 amide bonds. The highest BCUT2D eigenvalue weighted by Gasteiger charge is 2.37. The van der Waals surface area contributed by atoms with E-state index in [2.05, 4.69) is 16.7 Å². The zero-order chi connectivity index (χ0) is 17.2. The summed E-state index contributed by atoms with van der Waals surface area (Å²) in [5.41, 5.74) is -0.612. The van der Waals surface area contributed by atoms with E-state index in [9.17, 15) is 15.0 Å². The van der Waals surface area contributed by atoms with Crippen molar-refractivity contribution in [3.63, 3.8) is 0 Å². The summed E-state index contributed by atoms with van der Waals surface area (Å²) < 4.78 is 0. The molecule has 0 bridgehead atoms. The van der Waals surface area contributed by atoms with Crippen molar-refractivity contribution in [2.75, 3.05) is 32.7 Å². The fraction of sp³-hybridized carbons (Fsp3) is 0.947. The third kappa shape index (κ3) is 4.50. The molecule has 2 aliphatic heterocycles. The van der Waals surface area contributed by atoms with Crippen LogP contribution in [-0.2, 0) is 4.79 Å². The van der Waals surface area contributed by atoms with Crippen LogP contribution in [0.25, 0.3) is 0 Å². The summed E-state index contributed by atoms with van der Waals surface area (Å²) in [6.45, 7) is 6.53. The molecular weight excluding hydrogens is 304 g/mol. The maximum atomic E-state index is 12.6. The topological polar surface area (TPSA) is 64.0 Å². The van der Waals surface area contributed by atoms with Crippen molar-refractivity contribution in [2.24, 2.45) is 11.8 Å². The first-order chi connectivity index (χ1) is 11.5. The SMILES string of the molecule is CC1CCN(C(=O)C2CCN(CC(O)CC3(O)CCC3)CC2)CC1. The first-order valence-corrected chi connectivity index (χ1v) is 9.87. The van der Waals surface area contributed by atoms with Crippen molar-refractivity contribution in [1.82, 2.24) is 9.80 Å². The Labute approximate surface area is 146 Å². The molecule has 3 aliphatic rings. The van der Waals surface area contributed by atoms with Gasteiger partial charge in [0.05, 0.1) is 11.7 Å². The van der Waals surface area contributed by atoms with Crippen molar-refractivity contribution in [2.45, 2.75) is 70.0 Å². The van der Waals surface area contributed by atoms with Crippen LogP contribution >= 0.6 is 0 Å². The number of β-amino-alcohol motifs (C(OH)–C–C–N with tert-alkyl or cyclic N) is 1. The molecule has 3 fully saturated rings. The van der Waals surface area contributed by atoms with Gasteiger partial charge in [-0.2, -0.15) is 0 Å². The lowest BCUT2D eigenvalue weighted by molar-refractivity contribution is -0.138. The smallest absolute Gasteiger partial charge is 0.225 e. The van der Waals surface area contributed by atoms with E-state index in [0.29, 0.717) is 18.9 Å². The van der Waals surface area contributed by atoms with Gasteiger partial charge in [-0.1, -0.05) is 6.92 Å². The van der Waals surface area contributed by atoms with E-state index >= 15 is 0 Å². The first-order valence-electron chi connectivity index (χ1n) is 9.87. The highest BCUT2D eigenvalue weighted by atomic mass is 16.3. The number of aliphatic hydroxyl groups excluding tert-OH is 1. The molecule has 24 heavy (non-hydrogen) atoms. The Morgan fingerprint density at radius 1 is 1.12 bits per heavy atom. The van der Waals surface area contributed by atoms with Gasteiger partial charge < -0.3 is 20.0 Å². The maximum Gasteiger partial charge on any atom is 0.225 e. The second kappa shape index (κ2) is 7.71. The highest BCUT2D eigenvalue weighted by molar-refractivity contribution is 5.79. The van der Waals surface area contributed by atoms with Crippen LogP contribution in [0, 0.1) is 11.8 Å². The van der Waals surface area contributed by atoms with E-state index in [1.54, 1.807) is 0 Å². The summed E-state index contributed by atoms with van der Waals surface area (Å²) in [5, 5.41) is 20.4. The van der Waals surface area contributed by atoms with E-state index < -0.39 is 11.7 Å². The molecule has 3 rings (SSSR count). The normalized spacial score (nSPS) is 27.7. The lowest BCUT2D eigenvalue weighted by Crippen LogP contribution is -2.47. The van der Waals surface area contributed by atoms with Gasteiger partial charge in [0.1, 0.15) is 0 Å². The van der Waals surface area contributed by atoms with Gasteiger partial charge in [-0.15, -0.1) is 0 Å². The van der Waals surface area contributed by atoms with Gasteiger partial charge in [0, 0.05) is 32.0 Å². The van der Waals surface area contributed by atoms with Crippen molar-refractivity contribution in [3.05, 3.63) is 0 Å². The van der Waals surface area contributed by atoms with Gasteiger partial charge in [-0.3, -0.25) is 4.79 Å². The molecule has 0 aromatic heterocycles. The summed E-state index contributed by atoms with van der Waals surface area (Å²) in [7, 11) is 0. The zero-order valence-corrected chi connectivity index (χ0v) is 15.1. The van der Waals surface area contributed by atoms with Crippen molar-refractivity contribution in [3.8, 4) is 0 Å². The van der Waals surface area contributed by atoms with Crippen LogP contribution in [0.5, 0.6) is 0 Å². The molecular formula is C19H34N2O3. The Hall–Kier alpha value is -0.650. The largest absolute Gasteiger partial charge is 0.392 e. The number of nitrogens with zero attached hydrogens (tertiary/aromatic N) is 2. The average molecular weight is 338 g/mol. The summed E-state index contributed by atoms with van der Waals surface area (Å²) in [5.74, 6) is 1.27. The molecule has 0 aromatic rings. The number of amides is 1. The molecule has 0 radical (unpaired) electrons. The molecule has 1 unspecified atom stereocenters. The lowest BCUT2D eigenvalue weighted by Gasteiger charge is -2.40. The first kappa shape index (κ1) is 18.2. The molecule has 2 N–H and O–H groups in total. The number of carbonyl (C=O) groups is 1. The molecule has 2 heterocycles. The van der Waals surface area contributed by atoms with Gasteiger partial charge >= 0.3 is 0 Å². The van der Waals surface area contributed by atoms with Crippen LogP contribution in [-0.4, -0.2) is 70.3 Å². The predicted molar refractivity (Wildman–Crippen MR) is 93.6 cm³/mol. The number of hydrogen-bond donors (Lipinski definition) is 2. The Balaban J connectivity index is 1.38. The quantitative estimate of drug-likeness (QED) is 0.800. The minimum Gasteiger partial charge on any atom is -0.392 e. The number of rotatable bonds is 5. The number of aliphatic hydroxyl groups is 2. The van der Waals surface area contributed by atoms with Crippen LogP contribution < -0.4 is 0 Å². The van der Waals surface area contributed by atoms with Crippen LogP contribution in [0.1, 0.15) is 58.3 Å². The molecule has 1 atom stereocenters. The third-order valence-corrected chi connectivity index (χ3v) is 6.40. The Kier molecular flexibility index (Phi) is 5.83. The van der Waals surface area contributed by atoms with Gasteiger partial charge in [-0.05, 0) is 64.0 Å². The van der Waals surface area contributed by atoms with E-state index in [1.165, 1.54) is 0 Å². The predicted octanol–water partition coefficient (Wildman–Crippen LogP) is 1.62. The summed E-state index contributed by atoms with van der Waals surface area (Å²) in [6.07, 6.45) is 6.86. The molecule has 0 spiro atoms. The summed E-state index contributed by atoms with van der Waals surface area (Å²) in [4.78, 5) is 17.0. The number of likely N-dealkylation sites (tertiary alicyclic amines) is 2. The number of hydrogen-bond acceptors (Lipinski definition) is 4. The minimum atomic E-state index is -0.612. The van der Waals surface area contributed by atoms with Crippen molar-refractivity contribution >= 4 is 5.91 Å². The fourth-order valence-corrected chi connectivity index (χ4v) is 4.44. The van der Waals surface area contributed by atoms with Gasteiger partial charge in [0.15, 0.2) is 0 Å². The van der Waals surface area contributed by atoms with Gasteiger partial charge in [0.25, 0.3) is 0 Å². The Morgan fingerprint density at radius 3 is 2.29 bits per heavy atom. The lowest BCUT2D eigenvalue weighted by atomic mass is 9.76. The van der Waals surface area contributed by atoms with E-state index in [1.807, 2.05) is 0 Å². The van der Waals surface area contributed by atoms with E-state index in [0.717, 1.165) is 77.0 Å². The van der Waals surface area contributed by atoms with Crippen molar-refractivity contribution < 1.29 is 15.0 Å². The molecule has 5 nitrogen and oxygen atoms in total. The molecule has 138 valence electrons. The standard InChI is InChI=1S/C19H34N2O3/c1-15-3-11-21(12-4-15)18(23)16-5-9-20(10-6-16)14-17(22)13-19(24)7-2-8-19/h15-17,22,24H,2-14H2,1H3. The molecule has 1 aliphatic carbocycles. The Bertz CT molecular complexity index is 422. The third-order valence-electron chi connectivity index (χ3n) is 6.40. The number of piperidine rings is 2. The Morgan fingerprint density at radius 2 is 1.75 bits per heavy atom. The maximum absolute atomic E-state index is 12.6. The minimum absolute atomic E-state index is 0.169. The van der Waals surface area contributed by atoms with Crippen LogP contribution in [0.2, 0.25) is 0 Å². The fourth-order valence-electron chi connectivity index (χ4n) is 4.44. The molecule has 2 saturated heterocycles. The van der Waals surface area contributed by atoms with Crippen LogP contribution in [0.3, 0.4) is 0 Å². The second-order valence-corrected chi connectivity index (χ2v) is 8.52. The highest BCUT2D eigenvalue weighted by Crippen LogP contribution is 2.35. The molecule has 1 saturated carbocycles. The van der Waals surface area contributed by atoms with Crippen LogP contribution in [0.4, 0.5) is 0 Å². The van der Waals surface area contributed by atoms with Crippen LogP contribution in [0.15, 0.2) is 0 Å². The van der Waals surface area contributed by atoms with E-state index in [4.69, 9.17) is 0 Å². The summed E-state index contributed by atoms with van der Waals surface area (Å²) >= 11 is 0. The molecule has 0 aromatic carbocycles. The van der Waals surface area contributed by atoms with Crippen molar-refractivity contribution in [1.29, 1.82) is 0 Å². The summed E-state index contributed by atoms with van der Waals surface area (Å²) in [6, 6.07) is 0. The second-order valence-electron chi connectivity index (χ2n) is 8.52. The molecule has 5 heteroatoms. The van der Waals surface area contributed by atoms with Gasteiger partial charge in [0.2, 0.25) is 5.91 Å².